The lowest BCUT2D eigenvalue weighted by Crippen LogP contribution is -2.31. The Morgan fingerprint density at radius 2 is 2.08 bits per heavy atom. The van der Waals surface area contributed by atoms with E-state index in [2.05, 4.69) is 0 Å². The number of halogens is 1. The molecule has 0 radical (unpaired) electrons. The van der Waals surface area contributed by atoms with E-state index in [9.17, 15) is 9.18 Å². The molecule has 0 fully saturated rings. The van der Waals surface area contributed by atoms with Crippen LogP contribution in [0.3, 0.4) is 0 Å². The van der Waals surface area contributed by atoms with E-state index in [0.717, 1.165) is 12.8 Å². The zero-order valence-corrected chi connectivity index (χ0v) is 8.02. The van der Waals surface area contributed by atoms with Crippen molar-refractivity contribution in [2.75, 3.05) is 6.61 Å². The highest BCUT2D eigenvalue weighted by Crippen LogP contribution is 2.16. The van der Waals surface area contributed by atoms with Crippen molar-refractivity contribution < 1.29 is 13.9 Å². The van der Waals surface area contributed by atoms with Crippen molar-refractivity contribution in [2.24, 2.45) is 0 Å². The number of hydrogen-bond acceptors (Lipinski definition) is 2. The van der Waals surface area contributed by atoms with Gasteiger partial charge in [0, 0.05) is 0 Å². The minimum atomic E-state index is -1.81. The third-order valence-corrected chi connectivity index (χ3v) is 1.82. The number of unbranched alkanes of at least 4 members (excludes halogenated alkanes) is 1. The first-order valence-corrected chi connectivity index (χ1v) is 4.40. The van der Waals surface area contributed by atoms with Crippen molar-refractivity contribution in [1.29, 1.82) is 0 Å². The van der Waals surface area contributed by atoms with Crippen LogP contribution < -0.4 is 0 Å². The van der Waals surface area contributed by atoms with Crippen LogP contribution in [0.25, 0.3) is 0 Å². The fourth-order valence-corrected chi connectivity index (χ4v) is 0.604. The molecule has 0 aromatic carbocycles. The molecule has 72 valence electrons. The normalized spacial score (nSPS) is 15.3. The summed E-state index contributed by atoms with van der Waals surface area (Å²) in [4.78, 5) is 11.0. The topological polar surface area (TPSA) is 26.3 Å². The van der Waals surface area contributed by atoms with Crippen molar-refractivity contribution in [2.45, 2.75) is 45.7 Å². The average Bonchev–Trinajstić information content (AvgIpc) is 2.05. The van der Waals surface area contributed by atoms with E-state index in [0.29, 0.717) is 6.61 Å². The molecule has 0 aromatic heterocycles. The Bertz CT molecular complexity index is 143. The summed E-state index contributed by atoms with van der Waals surface area (Å²) >= 11 is 0. The van der Waals surface area contributed by atoms with Crippen molar-refractivity contribution in [3.05, 3.63) is 0 Å². The van der Waals surface area contributed by atoms with Crippen molar-refractivity contribution in [3.8, 4) is 0 Å². The van der Waals surface area contributed by atoms with Gasteiger partial charge < -0.3 is 4.74 Å². The summed E-state index contributed by atoms with van der Waals surface area (Å²) in [5.74, 6) is -0.738. The number of carbonyl (C=O) groups excluding carboxylic acids is 1. The Kier molecular flexibility index (Phi) is 4.86. The zero-order valence-electron chi connectivity index (χ0n) is 8.02. The molecular weight excluding hydrogens is 159 g/mol. The van der Waals surface area contributed by atoms with E-state index < -0.39 is 11.6 Å². The predicted octanol–water partition coefficient (Wildman–Crippen LogP) is 2.47. The van der Waals surface area contributed by atoms with Gasteiger partial charge >= 0.3 is 5.97 Å². The molecule has 0 saturated carbocycles. The van der Waals surface area contributed by atoms with Crippen LogP contribution in [-0.4, -0.2) is 18.2 Å². The lowest BCUT2D eigenvalue weighted by molar-refractivity contribution is -0.157. The fraction of sp³-hybridized carbons (Fsp3) is 0.889. The summed E-state index contributed by atoms with van der Waals surface area (Å²) in [5, 5.41) is 0. The molecule has 0 N–H and O–H groups in total. The Balaban J connectivity index is 3.72. The first-order chi connectivity index (χ1) is 5.54. The molecule has 0 spiro atoms. The lowest BCUT2D eigenvalue weighted by Gasteiger charge is -2.15. The van der Waals surface area contributed by atoms with Gasteiger partial charge in [-0.3, -0.25) is 0 Å². The average molecular weight is 176 g/mol. The maximum absolute atomic E-state index is 13.2. The second-order valence-corrected chi connectivity index (χ2v) is 3.04. The van der Waals surface area contributed by atoms with Gasteiger partial charge in [0.1, 0.15) is 0 Å². The molecule has 12 heavy (non-hydrogen) atoms. The molecular formula is C9H17FO2. The molecule has 0 aliphatic carbocycles. The Hall–Kier alpha value is -0.600. The fourth-order valence-electron chi connectivity index (χ4n) is 0.604. The molecule has 3 heteroatoms. The van der Waals surface area contributed by atoms with Gasteiger partial charge in [-0.15, -0.1) is 0 Å². The van der Waals surface area contributed by atoms with Gasteiger partial charge in [0.2, 0.25) is 5.67 Å². The largest absolute Gasteiger partial charge is 0.463 e. The van der Waals surface area contributed by atoms with Crippen LogP contribution in [0.15, 0.2) is 0 Å². The highest BCUT2D eigenvalue weighted by molar-refractivity contribution is 5.78. The zero-order chi connectivity index (χ0) is 9.61. The van der Waals surface area contributed by atoms with Gasteiger partial charge in [0.15, 0.2) is 0 Å². The van der Waals surface area contributed by atoms with Gasteiger partial charge in [0.25, 0.3) is 0 Å². The van der Waals surface area contributed by atoms with Crippen LogP contribution in [0.1, 0.15) is 40.0 Å². The Morgan fingerprint density at radius 3 is 2.50 bits per heavy atom. The second-order valence-electron chi connectivity index (χ2n) is 3.04. The molecule has 1 atom stereocenters. The van der Waals surface area contributed by atoms with Gasteiger partial charge in [-0.2, -0.15) is 0 Å². The predicted molar refractivity (Wildman–Crippen MR) is 45.7 cm³/mol. The molecule has 0 rings (SSSR count). The standard InChI is InChI=1S/C9H17FO2/c1-4-6-7-12-8(11)9(3,10)5-2/h4-7H2,1-3H3. The highest BCUT2D eigenvalue weighted by Gasteiger charge is 2.32. The first-order valence-electron chi connectivity index (χ1n) is 4.40. The molecule has 0 aromatic rings. The lowest BCUT2D eigenvalue weighted by atomic mass is 10.1. The molecule has 2 nitrogen and oxygen atoms in total. The summed E-state index contributed by atoms with van der Waals surface area (Å²) in [6.07, 6.45) is 1.91. The van der Waals surface area contributed by atoms with E-state index in [4.69, 9.17) is 4.74 Å². The third kappa shape index (κ3) is 3.69. The summed E-state index contributed by atoms with van der Waals surface area (Å²) in [6, 6.07) is 0. The highest BCUT2D eigenvalue weighted by atomic mass is 19.1. The molecule has 0 bridgehead atoms. The molecule has 0 aliphatic rings. The SMILES string of the molecule is CCCCOC(=O)C(C)(F)CC. The van der Waals surface area contributed by atoms with Crippen LogP contribution in [-0.2, 0) is 9.53 Å². The molecule has 0 saturated heterocycles. The molecule has 0 amide bonds. The van der Waals surface area contributed by atoms with Crippen molar-refractivity contribution in [3.63, 3.8) is 0 Å². The summed E-state index contributed by atoms with van der Waals surface area (Å²) in [7, 11) is 0. The summed E-state index contributed by atoms with van der Waals surface area (Å²) < 4.78 is 17.9. The Labute approximate surface area is 73.1 Å². The van der Waals surface area contributed by atoms with E-state index in [1.807, 2.05) is 6.92 Å². The van der Waals surface area contributed by atoms with Gasteiger partial charge in [-0.25, -0.2) is 9.18 Å². The third-order valence-electron chi connectivity index (χ3n) is 1.82. The van der Waals surface area contributed by atoms with Gasteiger partial charge in [0.05, 0.1) is 6.61 Å². The quantitative estimate of drug-likeness (QED) is 0.475. The van der Waals surface area contributed by atoms with Crippen LogP contribution in [0.2, 0.25) is 0 Å². The molecule has 0 aliphatic heterocycles. The minimum absolute atomic E-state index is 0.165. The summed E-state index contributed by atoms with van der Waals surface area (Å²) in [5.41, 5.74) is -1.81. The number of rotatable bonds is 5. The number of carbonyl (C=O) groups is 1. The van der Waals surface area contributed by atoms with E-state index in [1.165, 1.54) is 6.92 Å². The molecule has 1 unspecified atom stereocenters. The van der Waals surface area contributed by atoms with Crippen molar-refractivity contribution in [1.82, 2.24) is 0 Å². The summed E-state index contributed by atoms with van der Waals surface area (Å²) in [6.45, 7) is 5.19. The maximum atomic E-state index is 13.2. The smallest absolute Gasteiger partial charge is 0.343 e. The minimum Gasteiger partial charge on any atom is -0.463 e. The monoisotopic (exact) mass is 176 g/mol. The second kappa shape index (κ2) is 5.12. The number of hydrogen-bond donors (Lipinski definition) is 0. The van der Waals surface area contributed by atoms with E-state index in [1.54, 1.807) is 6.92 Å². The van der Waals surface area contributed by atoms with Crippen LogP contribution in [0.4, 0.5) is 4.39 Å². The van der Waals surface area contributed by atoms with Gasteiger partial charge in [-0.1, -0.05) is 20.3 Å². The Morgan fingerprint density at radius 1 is 1.50 bits per heavy atom. The van der Waals surface area contributed by atoms with E-state index >= 15 is 0 Å². The molecule has 0 heterocycles. The number of alkyl halides is 1. The van der Waals surface area contributed by atoms with E-state index in [-0.39, 0.29) is 6.42 Å². The maximum Gasteiger partial charge on any atom is 0.343 e. The number of esters is 1. The van der Waals surface area contributed by atoms with Gasteiger partial charge in [-0.05, 0) is 19.8 Å². The van der Waals surface area contributed by atoms with Crippen molar-refractivity contribution >= 4 is 5.97 Å². The van der Waals surface area contributed by atoms with Crippen LogP contribution in [0, 0.1) is 0 Å². The number of ether oxygens (including phenoxy) is 1. The van der Waals surface area contributed by atoms with Crippen LogP contribution >= 0.6 is 0 Å². The first kappa shape index (κ1) is 11.4. The van der Waals surface area contributed by atoms with Crippen LogP contribution in [0.5, 0.6) is 0 Å².